The van der Waals surface area contributed by atoms with Crippen LogP contribution in [-0.4, -0.2) is 6.71 Å². The van der Waals surface area contributed by atoms with Gasteiger partial charge in [0.2, 0.25) is 0 Å². The van der Waals surface area contributed by atoms with Crippen molar-refractivity contribution in [2.45, 2.75) is 0 Å². The highest BCUT2D eigenvalue weighted by Crippen LogP contribution is 2.47. The Hall–Kier alpha value is -7.76. The summed E-state index contributed by atoms with van der Waals surface area (Å²) in [5.41, 5.74) is 18.2. The van der Waals surface area contributed by atoms with Crippen molar-refractivity contribution < 1.29 is 4.42 Å². The number of nitrogens with zero attached hydrogens (tertiary/aromatic N) is 3. The average Bonchev–Trinajstić information content (AvgIpc) is 3.68. The van der Waals surface area contributed by atoms with Crippen LogP contribution in [0.25, 0.3) is 33.1 Å². The molecule has 0 amide bonds. The van der Waals surface area contributed by atoms with Crippen LogP contribution in [0.4, 0.5) is 51.2 Å². The van der Waals surface area contributed by atoms with E-state index in [1.807, 2.05) is 6.07 Å². The molecule has 0 saturated heterocycles. The Kier molecular flexibility index (Phi) is 7.60. The lowest BCUT2D eigenvalue weighted by molar-refractivity contribution is 0.669. The number of furan rings is 1. The molecule has 3 heterocycles. The maximum atomic E-state index is 6.35. The van der Waals surface area contributed by atoms with Crippen molar-refractivity contribution in [3.05, 3.63) is 218 Å². The third-order valence-corrected chi connectivity index (χ3v) is 12.0. The maximum Gasteiger partial charge on any atom is 0.252 e. The molecule has 0 atom stereocenters. The summed E-state index contributed by atoms with van der Waals surface area (Å²) in [6.07, 6.45) is 0. The van der Waals surface area contributed by atoms with Gasteiger partial charge in [-0.25, -0.2) is 0 Å². The van der Waals surface area contributed by atoms with Gasteiger partial charge < -0.3 is 19.1 Å². The molecule has 9 aromatic carbocycles. The quantitative estimate of drug-likeness (QED) is 0.158. The summed E-state index contributed by atoms with van der Waals surface area (Å²) in [5.74, 6) is 0. The van der Waals surface area contributed by atoms with Gasteiger partial charge >= 0.3 is 0 Å². The van der Waals surface area contributed by atoms with Crippen molar-refractivity contribution in [2.24, 2.45) is 0 Å². The van der Waals surface area contributed by atoms with Crippen LogP contribution in [0, 0.1) is 0 Å². The summed E-state index contributed by atoms with van der Waals surface area (Å²) >= 11 is 0. The molecule has 0 unspecified atom stereocenters. The van der Waals surface area contributed by atoms with E-state index in [4.69, 9.17) is 4.42 Å². The van der Waals surface area contributed by atoms with Crippen molar-refractivity contribution in [1.82, 2.24) is 0 Å². The normalized spacial score (nSPS) is 12.6. The second-order valence-electron chi connectivity index (χ2n) is 15.3. The summed E-state index contributed by atoms with van der Waals surface area (Å²) in [7, 11) is 0. The fourth-order valence-electron chi connectivity index (χ4n) is 9.45. The Labute approximate surface area is 343 Å². The highest BCUT2D eigenvalue weighted by atomic mass is 16.3. The summed E-state index contributed by atoms with van der Waals surface area (Å²) in [5, 5.41) is 2.21. The van der Waals surface area contributed by atoms with Crippen molar-refractivity contribution in [3.8, 4) is 11.1 Å². The first-order valence-electron chi connectivity index (χ1n) is 20.2. The van der Waals surface area contributed by atoms with E-state index >= 15 is 0 Å². The zero-order valence-electron chi connectivity index (χ0n) is 32.1. The van der Waals surface area contributed by atoms with Gasteiger partial charge in [0.05, 0.1) is 0 Å². The lowest BCUT2D eigenvalue weighted by atomic mass is 9.33. The van der Waals surface area contributed by atoms with E-state index in [2.05, 4.69) is 227 Å². The molecule has 276 valence electrons. The number of fused-ring (bicyclic) bond motifs is 7. The van der Waals surface area contributed by atoms with E-state index in [0.717, 1.165) is 61.8 Å². The third-order valence-electron chi connectivity index (χ3n) is 12.0. The lowest BCUT2D eigenvalue weighted by Gasteiger charge is -2.44. The van der Waals surface area contributed by atoms with Crippen LogP contribution in [0.15, 0.2) is 223 Å². The van der Waals surface area contributed by atoms with Crippen LogP contribution in [0.3, 0.4) is 0 Å². The minimum Gasteiger partial charge on any atom is -0.456 e. The average molecular weight is 754 g/mol. The first kappa shape index (κ1) is 33.4. The molecule has 0 spiro atoms. The molecule has 59 heavy (non-hydrogen) atoms. The second kappa shape index (κ2) is 13.4. The topological polar surface area (TPSA) is 22.9 Å². The van der Waals surface area contributed by atoms with Crippen LogP contribution in [0.5, 0.6) is 0 Å². The number of rotatable bonds is 6. The predicted molar refractivity (Wildman–Crippen MR) is 248 cm³/mol. The molecule has 0 saturated carbocycles. The molecule has 5 heteroatoms. The Morgan fingerprint density at radius 3 is 1.66 bits per heavy atom. The number of para-hydroxylation sites is 4. The number of benzene rings is 9. The molecule has 4 nitrogen and oxygen atoms in total. The summed E-state index contributed by atoms with van der Waals surface area (Å²) in [6, 6.07) is 78.7. The Bertz CT molecular complexity index is 3140. The number of anilines is 9. The Balaban J connectivity index is 1.10. The van der Waals surface area contributed by atoms with Gasteiger partial charge in [-0.05, 0) is 119 Å². The van der Waals surface area contributed by atoms with Gasteiger partial charge in [-0.15, -0.1) is 0 Å². The van der Waals surface area contributed by atoms with Crippen molar-refractivity contribution >= 4 is 96.2 Å². The van der Waals surface area contributed by atoms with Crippen molar-refractivity contribution in [1.29, 1.82) is 0 Å². The highest BCUT2D eigenvalue weighted by molar-refractivity contribution is 7.00. The van der Waals surface area contributed by atoms with Crippen LogP contribution in [0.1, 0.15) is 0 Å². The number of hydrogen-bond donors (Lipinski definition) is 0. The van der Waals surface area contributed by atoms with E-state index in [0.29, 0.717) is 0 Å². The van der Waals surface area contributed by atoms with Crippen LogP contribution in [0.2, 0.25) is 0 Å². The van der Waals surface area contributed by atoms with Gasteiger partial charge in [0.1, 0.15) is 11.2 Å². The number of hydrogen-bond acceptors (Lipinski definition) is 4. The summed E-state index contributed by atoms with van der Waals surface area (Å²) in [4.78, 5) is 7.29. The molecule has 0 N–H and O–H groups in total. The predicted octanol–water partition coefficient (Wildman–Crippen LogP) is 12.8. The van der Waals surface area contributed by atoms with Crippen LogP contribution >= 0.6 is 0 Å². The molecule has 0 radical (unpaired) electrons. The second-order valence-corrected chi connectivity index (χ2v) is 15.3. The Morgan fingerprint density at radius 2 is 0.915 bits per heavy atom. The van der Waals surface area contributed by atoms with Crippen LogP contribution in [-0.2, 0) is 0 Å². The van der Waals surface area contributed by atoms with Gasteiger partial charge in [-0.1, -0.05) is 127 Å². The van der Waals surface area contributed by atoms with Gasteiger partial charge in [0.15, 0.2) is 0 Å². The minimum absolute atomic E-state index is 0.0120. The Morgan fingerprint density at radius 1 is 0.356 bits per heavy atom. The smallest absolute Gasteiger partial charge is 0.252 e. The van der Waals surface area contributed by atoms with E-state index < -0.39 is 0 Å². The van der Waals surface area contributed by atoms with Gasteiger partial charge in [-0.2, -0.15) is 0 Å². The molecule has 1 aromatic heterocycles. The first-order valence-corrected chi connectivity index (χ1v) is 20.2. The molecule has 0 fully saturated rings. The largest absolute Gasteiger partial charge is 0.456 e. The van der Waals surface area contributed by atoms with Crippen LogP contribution < -0.4 is 31.1 Å². The highest BCUT2D eigenvalue weighted by Gasteiger charge is 2.43. The van der Waals surface area contributed by atoms with Crippen molar-refractivity contribution in [3.63, 3.8) is 0 Å². The minimum atomic E-state index is 0.0120. The molecular weight excluding hydrogens is 717 g/mol. The molecule has 12 rings (SSSR count). The maximum absolute atomic E-state index is 6.35. The fraction of sp³-hybridized carbons (Fsp3) is 0. The van der Waals surface area contributed by atoms with Gasteiger partial charge in [-0.3, -0.25) is 0 Å². The standard InChI is InChI=1S/C54H36BN3O/c1-4-15-37(16-5-1)38-27-29-41(30-28-38)57-48-23-12-11-22-46(48)55-47-33-31-43(56(39-17-6-2-7-18-39)40-19-8-3-9-20-40)36-51(47)58(50-25-14-24-49(57)54(50)55)42-32-34-53-45(35-42)44-21-10-13-26-52(44)59-53/h1-36H. The molecule has 0 bridgehead atoms. The molecule has 2 aliphatic heterocycles. The summed E-state index contributed by atoms with van der Waals surface area (Å²) in [6.45, 7) is 0.0120. The van der Waals surface area contributed by atoms with E-state index in [1.165, 1.54) is 38.9 Å². The monoisotopic (exact) mass is 753 g/mol. The SMILES string of the molecule is c1ccc(-c2ccc(N3c4ccccc4B4c5ccc(N(c6ccccc6)c6ccccc6)cc5N(c5ccc6oc7ccccc7c6c5)c5cccc3c54)cc2)cc1. The zero-order chi connectivity index (χ0) is 38.9. The van der Waals surface area contributed by atoms with Gasteiger partial charge in [0, 0.05) is 62.0 Å². The molecule has 2 aliphatic rings. The van der Waals surface area contributed by atoms with E-state index in [-0.39, 0.29) is 6.71 Å². The molecular formula is C54H36BN3O. The zero-order valence-corrected chi connectivity index (χ0v) is 32.1. The molecule has 0 aliphatic carbocycles. The fourth-order valence-corrected chi connectivity index (χ4v) is 9.45. The molecule has 10 aromatic rings. The van der Waals surface area contributed by atoms with Crippen molar-refractivity contribution in [2.75, 3.05) is 14.7 Å². The third kappa shape index (κ3) is 5.32. The van der Waals surface area contributed by atoms with Gasteiger partial charge in [0.25, 0.3) is 6.71 Å². The van der Waals surface area contributed by atoms with E-state index in [9.17, 15) is 0 Å². The first-order chi connectivity index (χ1) is 29.3. The lowest BCUT2D eigenvalue weighted by Crippen LogP contribution is -2.61. The summed E-state index contributed by atoms with van der Waals surface area (Å²) < 4.78 is 6.35. The van der Waals surface area contributed by atoms with E-state index in [1.54, 1.807) is 0 Å².